The van der Waals surface area contributed by atoms with Gasteiger partial charge in [-0.3, -0.25) is 15.0 Å². The summed E-state index contributed by atoms with van der Waals surface area (Å²) in [6.45, 7) is 5.52. The van der Waals surface area contributed by atoms with Gasteiger partial charge < -0.3 is 9.32 Å². The van der Waals surface area contributed by atoms with E-state index in [2.05, 4.69) is 70.9 Å². The highest BCUT2D eigenvalue weighted by atomic mass is 16.3. The summed E-state index contributed by atoms with van der Waals surface area (Å²) in [6, 6.07) is 25.3. The Morgan fingerprint density at radius 2 is 1.50 bits per heavy atom. The van der Waals surface area contributed by atoms with E-state index in [1.165, 1.54) is 11.1 Å². The first kappa shape index (κ1) is 20.4. The Balaban J connectivity index is 1.37. The maximum atomic E-state index is 12.7. The fourth-order valence-electron chi connectivity index (χ4n) is 4.10. The molecule has 30 heavy (non-hydrogen) atoms. The molecule has 1 aromatic heterocycles. The summed E-state index contributed by atoms with van der Waals surface area (Å²) in [5.74, 6) is 0.991. The minimum absolute atomic E-state index is 0.0192. The maximum absolute atomic E-state index is 12.7. The highest BCUT2D eigenvalue weighted by molar-refractivity contribution is 5.78. The third-order valence-electron chi connectivity index (χ3n) is 5.79. The zero-order chi connectivity index (χ0) is 20.8. The van der Waals surface area contributed by atoms with Crippen molar-refractivity contribution in [3.63, 3.8) is 0 Å². The van der Waals surface area contributed by atoms with Crippen LogP contribution in [0.3, 0.4) is 0 Å². The average molecular weight is 404 g/mol. The number of hydrogen-bond acceptors (Lipinski definition) is 4. The number of furan rings is 1. The van der Waals surface area contributed by atoms with Crippen LogP contribution in [0.15, 0.2) is 83.5 Å². The highest BCUT2D eigenvalue weighted by Gasteiger charge is 2.28. The third-order valence-corrected chi connectivity index (χ3v) is 5.79. The van der Waals surface area contributed by atoms with Crippen LogP contribution in [0.1, 0.15) is 35.9 Å². The first-order valence-corrected chi connectivity index (χ1v) is 10.6. The molecular weight excluding hydrogens is 374 g/mol. The topological polar surface area (TPSA) is 48.7 Å². The number of nitrogens with zero attached hydrogens (tertiary/aromatic N) is 2. The molecule has 2 heterocycles. The molecule has 1 amide bonds. The third kappa shape index (κ3) is 4.81. The van der Waals surface area contributed by atoms with Crippen molar-refractivity contribution >= 4 is 5.91 Å². The largest absolute Gasteiger partial charge is 0.468 e. The van der Waals surface area contributed by atoms with Crippen LogP contribution in [0.5, 0.6) is 0 Å². The normalized spacial score (nSPS) is 16.0. The van der Waals surface area contributed by atoms with Gasteiger partial charge in [-0.05, 0) is 30.2 Å². The molecule has 1 aliphatic rings. The molecule has 0 radical (unpaired) electrons. The molecular formula is C25H29N3O2. The van der Waals surface area contributed by atoms with Crippen LogP contribution in [0.25, 0.3) is 0 Å². The standard InChI is InChI=1S/C25H29N3O2/c1-20(23-13-8-18-30-23)26-19-24(29)27-14-16-28(17-15-27)25(21-9-4-2-5-10-21)22-11-6-3-7-12-22/h2-13,18,20,25-26H,14-17,19H2,1H3/t20-/m0/s1. The molecule has 0 saturated carbocycles. The molecule has 1 aliphatic heterocycles. The summed E-state index contributed by atoms with van der Waals surface area (Å²) in [4.78, 5) is 17.1. The Labute approximate surface area is 178 Å². The van der Waals surface area contributed by atoms with E-state index in [0.29, 0.717) is 6.54 Å². The van der Waals surface area contributed by atoms with Crippen LogP contribution < -0.4 is 5.32 Å². The van der Waals surface area contributed by atoms with E-state index in [-0.39, 0.29) is 18.0 Å². The van der Waals surface area contributed by atoms with Crippen molar-refractivity contribution in [3.8, 4) is 0 Å². The lowest BCUT2D eigenvalue weighted by molar-refractivity contribution is -0.132. The molecule has 156 valence electrons. The van der Waals surface area contributed by atoms with Gasteiger partial charge in [-0.15, -0.1) is 0 Å². The van der Waals surface area contributed by atoms with E-state index in [0.717, 1.165) is 31.9 Å². The van der Waals surface area contributed by atoms with Gasteiger partial charge in [-0.2, -0.15) is 0 Å². The summed E-state index contributed by atoms with van der Waals surface area (Å²) in [5, 5.41) is 3.27. The van der Waals surface area contributed by atoms with E-state index >= 15 is 0 Å². The number of rotatable bonds is 7. The van der Waals surface area contributed by atoms with E-state index in [4.69, 9.17) is 4.42 Å². The second kappa shape index (κ2) is 9.74. The SMILES string of the molecule is C[C@H](NCC(=O)N1CCN(C(c2ccccc2)c2ccccc2)CC1)c1ccco1. The lowest BCUT2D eigenvalue weighted by Gasteiger charge is -2.40. The number of carbonyl (C=O) groups is 1. The summed E-state index contributed by atoms with van der Waals surface area (Å²) in [7, 11) is 0. The summed E-state index contributed by atoms with van der Waals surface area (Å²) in [5.41, 5.74) is 2.58. The minimum Gasteiger partial charge on any atom is -0.468 e. The molecule has 3 aromatic rings. The fourth-order valence-corrected chi connectivity index (χ4v) is 4.10. The molecule has 4 rings (SSSR count). The monoisotopic (exact) mass is 403 g/mol. The highest BCUT2D eigenvalue weighted by Crippen LogP contribution is 2.29. The van der Waals surface area contributed by atoms with Gasteiger partial charge in [0, 0.05) is 26.2 Å². The molecule has 5 nitrogen and oxygen atoms in total. The van der Waals surface area contributed by atoms with Crippen LogP contribution in [0, 0.1) is 0 Å². The first-order chi connectivity index (χ1) is 14.7. The molecule has 1 N–H and O–H groups in total. The summed E-state index contributed by atoms with van der Waals surface area (Å²) >= 11 is 0. The second-order valence-corrected chi connectivity index (χ2v) is 7.76. The average Bonchev–Trinajstić information content (AvgIpc) is 3.35. The van der Waals surface area contributed by atoms with Crippen molar-refractivity contribution in [2.24, 2.45) is 0 Å². The van der Waals surface area contributed by atoms with Gasteiger partial charge in [-0.25, -0.2) is 0 Å². The van der Waals surface area contributed by atoms with Gasteiger partial charge in [0.1, 0.15) is 5.76 Å². The molecule has 0 aliphatic carbocycles. The van der Waals surface area contributed by atoms with Crippen LogP contribution in [-0.4, -0.2) is 48.4 Å². The number of nitrogens with one attached hydrogen (secondary N) is 1. The molecule has 1 fully saturated rings. The summed E-state index contributed by atoms with van der Waals surface area (Å²) in [6.07, 6.45) is 1.66. The van der Waals surface area contributed by atoms with Gasteiger partial charge in [0.2, 0.25) is 5.91 Å². The zero-order valence-corrected chi connectivity index (χ0v) is 17.4. The van der Waals surface area contributed by atoms with Crippen molar-refractivity contribution < 1.29 is 9.21 Å². The Kier molecular flexibility index (Phi) is 6.62. The van der Waals surface area contributed by atoms with Crippen molar-refractivity contribution in [1.82, 2.24) is 15.1 Å². The minimum atomic E-state index is 0.0192. The lowest BCUT2D eigenvalue weighted by atomic mass is 9.96. The lowest BCUT2D eigenvalue weighted by Crippen LogP contribution is -2.51. The van der Waals surface area contributed by atoms with Gasteiger partial charge >= 0.3 is 0 Å². The number of benzene rings is 2. The molecule has 5 heteroatoms. The van der Waals surface area contributed by atoms with Crippen molar-refractivity contribution in [2.45, 2.75) is 19.0 Å². The number of piperazine rings is 1. The molecule has 1 atom stereocenters. The van der Waals surface area contributed by atoms with Gasteiger partial charge in [0.05, 0.1) is 24.9 Å². The smallest absolute Gasteiger partial charge is 0.236 e. The molecule has 1 saturated heterocycles. The predicted octanol–water partition coefficient (Wildman–Crippen LogP) is 3.86. The zero-order valence-electron chi connectivity index (χ0n) is 17.4. The van der Waals surface area contributed by atoms with E-state index in [1.54, 1.807) is 6.26 Å². The quantitative estimate of drug-likeness (QED) is 0.651. The molecule has 2 aromatic carbocycles. The number of hydrogen-bond donors (Lipinski definition) is 1. The van der Waals surface area contributed by atoms with Crippen molar-refractivity contribution in [1.29, 1.82) is 0 Å². The molecule has 0 unspecified atom stereocenters. The van der Waals surface area contributed by atoms with E-state index in [9.17, 15) is 4.79 Å². The van der Waals surface area contributed by atoms with E-state index < -0.39 is 0 Å². The van der Waals surface area contributed by atoms with Crippen LogP contribution >= 0.6 is 0 Å². The van der Waals surface area contributed by atoms with Crippen molar-refractivity contribution in [2.75, 3.05) is 32.7 Å². The van der Waals surface area contributed by atoms with Crippen LogP contribution in [0.2, 0.25) is 0 Å². The molecule has 0 bridgehead atoms. The maximum Gasteiger partial charge on any atom is 0.236 e. The van der Waals surface area contributed by atoms with E-state index in [1.807, 2.05) is 24.0 Å². The Morgan fingerprint density at radius 1 is 0.900 bits per heavy atom. The van der Waals surface area contributed by atoms with Crippen molar-refractivity contribution in [3.05, 3.63) is 95.9 Å². The van der Waals surface area contributed by atoms with Crippen LogP contribution in [0.4, 0.5) is 0 Å². The van der Waals surface area contributed by atoms with Gasteiger partial charge in [0.15, 0.2) is 0 Å². The Morgan fingerprint density at radius 3 is 2.03 bits per heavy atom. The number of amides is 1. The predicted molar refractivity (Wildman–Crippen MR) is 118 cm³/mol. The Bertz CT molecular complexity index is 865. The number of carbonyl (C=O) groups excluding carboxylic acids is 1. The van der Waals surface area contributed by atoms with Gasteiger partial charge in [0.25, 0.3) is 0 Å². The van der Waals surface area contributed by atoms with Crippen LogP contribution in [-0.2, 0) is 4.79 Å². The second-order valence-electron chi connectivity index (χ2n) is 7.76. The molecule has 0 spiro atoms. The Hall–Kier alpha value is -2.89. The fraction of sp³-hybridized carbons (Fsp3) is 0.320. The van der Waals surface area contributed by atoms with Gasteiger partial charge in [-0.1, -0.05) is 60.7 Å². The summed E-state index contributed by atoms with van der Waals surface area (Å²) < 4.78 is 5.40. The first-order valence-electron chi connectivity index (χ1n) is 10.6.